The molecule has 0 radical (unpaired) electrons. The maximum Gasteiger partial charge on any atom is 0.182 e. The minimum Gasteiger partial charge on any atom is -0.748 e. The van der Waals surface area contributed by atoms with Gasteiger partial charge in [0.2, 0.25) is 0 Å². The molecule has 368 valence electrons. The summed E-state index contributed by atoms with van der Waals surface area (Å²) < 4.78 is 116. The molecular weight excluding hydrogens is 936 g/mol. The van der Waals surface area contributed by atoms with Crippen molar-refractivity contribution in [3.8, 4) is 0 Å². The Kier molecular flexibility index (Phi) is 15.7. The zero-order valence-corrected chi connectivity index (χ0v) is 42.6. The van der Waals surface area contributed by atoms with Gasteiger partial charge in [0.25, 0.3) is 0 Å². The molecule has 7 aliphatic rings. The Morgan fingerprint density at radius 3 is 2.12 bits per heavy atom. The van der Waals surface area contributed by atoms with Crippen molar-refractivity contribution in [2.75, 3.05) is 13.1 Å². The molecule has 12 unspecified atom stereocenters. The highest BCUT2D eigenvalue weighted by Crippen LogP contribution is 2.60. The van der Waals surface area contributed by atoms with E-state index in [1.807, 2.05) is 0 Å². The molecule has 1 saturated heterocycles. The Balaban J connectivity index is 1.19. The average molecular weight is 1000 g/mol. The van der Waals surface area contributed by atoms with E-state index in [1.54, 1.807) is 0 Å². The Morgan fingerprint density at radius 2 is 1.45 bits per heavy atom. The van der Waals surface area contributed by atoms with Crippen LogP contribution in [0.25, 0.3) is 0 Å². The van der Waals surface area contributed by atoms with E-state index in [2.05, 4.69) is 66.5 Å². The van der Waals surface area contributed by atoms with Crippen molar-refractivity contribution >= 4 is 59.7 Å². The van der Waals surface area contributed by atoms with Gasteiger partial charge in [-0.05, 0) is 158 Å². The topological polar surface area (TPSA) is 219 Å². The van der Waals surface area contributed by atoms with Gasteiger partial charge in [0.1, 0.15) is 6.54 Å². The molecule has 2 heterocycles. The number of allylic oxidation sites excluding steroid dienone is 8. The summed E-state index contributed by atoms with van der Waals surface area (Å²) in [5.74, 6) is 1.62. The van der Waals surface area contributed by atoms with E-state index >= 15 is 0 Å². The van der Waals surface area contributed by atoms with Crippen LogP contribution >= 0.6 is 23.6 Å². The van der Waals surface area contributed by atoms with Gasteiger partial charge in [-0.2, -0.15) is 4.33 Å². The lowest BCUT2D eigenvalue weighted by atomic mass is 9.57. The molecule has 0 N–H and O–H groups in total. The van der Waals surface area contributed by atoms with E-state index in [4.69, 9.17) is 15.9 Å². The lowest BCUT2D eigenvalue weighted by Gasteiger charge is -2.49. The second-order valence-corrected chi connectivity index (χ2v) is 28.1. The highest BCUT2D eigenvalue weighted by Gasteiger charge is 2.61. The molecule has 0 spiro atoms. The minimum absolute atomic E-state index is 0.0699. The summed E-state index contributed by atoms with van der Waals surface area (Å²) in [5.41, 5.74) is 3.46. The van der Waals surface area contributed by atoms with Crippen molar-refractivity contribution < 1.29 is 58.1 Å². The van der Waals surface area contributed by atoms with Gasteiger partial charge in [-0.3, -0.25) is 5.04 Å². The van der Waals surface area contributed by atoms with Crippen molar-refractivity contribution in [1.82, 2.24) is 4.90 Å². The molecule has 65 heavy (non-hydrogen) atoms. The molecule has 5 fully saturated rings. The van der Waals surface area contributed by atoms with E-state index < -0.39 is 46.1 Å². The summed E-state index contributed by atoms with van der Waals surface area (Å²) in [6.45, 7) is 12.7. The quantitative estimate of drug-likeness (QED) is 0.0528. The molecule has 4 saturated carbocycles. The number of hydrogen-bond acceptors (Lipinski definition) is 14. The molecule has 2 aliphatic heterocycles. The molecule has 0 aromatic heterocycles. The molecule has 0 bridgehead atoms. The first-order valence-corrected chi connectivity index (χ1v) is 29.3. The maximum absolute atomic E-state index is 12.1. The number of likely N-dealkylation sites (tertiary alicyclic amines) is 1. The summed E-state index contributed by atoms with van der Waals surface area (Å²) in [5, 5.41) is 12.1. The predicted molar refractivity (Wildman–Crippen MR) is 246 cm³/mol. The Bertz CT molecular complexity index is 2290. The van der Waals surface area contributed by atoms with Crippen molar-refractivity contribution in [3.63, 3.8) is 0 Å². The van der Waals surface area contributed by atoms with Crippen molar-refractivity contribution in [3.05, 3.63) is 46.2 Å². The summed E-state index contributed by atoms with van der Waals surface area (Å²) in [6.07, 6.45) is 18.9. The first kappa shape index (κ1) is 51.5. The van der Waals surface area contributed by atoms with Gasteiger partial charge < -0.3 is 23.8 Å². The first-order valence-electron chi connectivity index (χ1n) is 23.7. The van der Waals surface area contributed by atoms with E-state index in [9.17, 15) is 44.2 Å². The molecule has 7 rings (SSSR count). The number of fused-ring (bicyclic) bond motifs is 6. The van der Waals surface area contributed by atoms with Crippen LogP contribution in [0.1, 0.15) is 138 Å². The summed E-state index contributed by atoms with van der Waals surface area (Å²) in [4.78, 5) is 2.30. The van der Waals surface area contributed by atoms with Gasteiger partial charge in [0, 0.05) is 81.4 Å². The largest absolute Gasteiger partial charge is 0.748 e. The van der Waals surface area contributed by atoms with Crippen LogP contribution in [-0.2, 0) is 39.7 Å². The number of hydrogen-bond donors (Lipinski definition) is 0. The average Bonchev–Trinajstić information content (AvgIpc) is 3.59. The predicted octanol–water partition coefficient (Wildman–Crippen LogP) is 7.06. The highest BCUT2D eigenvalue weighted by atomic mass is 35.5. The van der Waals surface area contributed by atoms with E-state index in [0.717, 1.165) is 98.8 Å². The fourth-order valence-electron chi connectivity index (χ4n) is 14.1. The van der Waals surface area contributed by atoms with Crippen LogP contribution < -0.4 is 5.26 Å². The number of nitrogens with zero attached hydrogens (tertiary/aromatic N) is 2. The molecule has 5 aliphatic carbocycles. The SMILES string of the molecule is CC(CCN1/C(=C/C=C2\CCCC(/C=C/C3=[N+](CCC(C)S(=O)(=O)[O-])C4CCC5CC(SOO[O-])CCC5C4C3(C)C)=C2Cl)C(C)(C)C2C3CCC(S(=O)(=O)[O-])CC3CCC21)S(=O)(=O)[O-]. The molecular formula is C46H68ClN2O12S4-3. The highest BCUT2D eigenvalue weighted by molar-refractivity contribution is 7.95. The third kappa shape index (κ3) is 10.7. The second-order valence-electron chi connectivity index (χ2n) is 21.5. The van der Waals surface area contributed by atoms with Crippen molar-refractivity contribution in [2.45, 2.75) is 171 Å². The van der Waals surface area contributed by atoms with Crippen LogP contribution in [0.5, 0.6) is 0 Å². The van der Waals surface area contributed by atoms with E-state index in [1.165, 1.54) is 13.8 Å². The third-order valence-electron chi connectivity index (χ3n) is 17.3. The summed E-state index contributed by atoms with van der Waals surface area (Å²) in [6, 6.07) is 0.250. The fourth-order valence-corrected chi connectivity index (χ4v) is 16.8. The number of halogens is 1. The standard InChI is InChI=1S/C46H71ClN2O12S4/c1-28(63(51,52)53)22-24-48-38-18-10-32-26-34(62-61-60-50)14-16-36(32)42(38)45(3,4)40(48)20-12-30-8-7-9-31(44(30)47)13-21-41-46(5,6)43-37-17-15-35(65(57,58)59)27-33(37)11-19-39(43)49(41)25-23-29(2)64(54,55)56/h12-13,20-21,28-29,32-39,42-43H,7-11,14-19,22-27H2,1-6H3,(H3-,50,51,52,53,54,55,56,57,58,59)/p-3. The molecule has 0 aromatic rings. The van der Waals surface area contributed by atoms with E-state index in [-0.39, 0.29) is 58.8 Å². The first-order chi connectivity index (χ1) is 30.3. The van der Waals surface area contributed by atoms with Gasteiger partial charge in [-0.25, -0.2) is 29.8 Å². The normalized spacial score (nSPS) is 36.2. The maximum atomic E-state index is 12.1. The van der Waals surface area contributed by atoms with Gasteiger partial charge in [0.15, 0.2) is 11.8 Å². The Hall–Kier alpha value is -1.32. The zero-order valence-electron chi connectivity index (χ0n) is 38.6. The monoisotopic (exact) mass is 1000 g/mol. The zero-order chi connectivity index (χ0) is 47.4. The minimum atomic E-state index is -4.49. The van der Waals surface area contributed by atoms with Crippen molar-refractivity contribution in [2.24, 2.45) is 46.3 Å². The van der Waals surface area contributed by atoms with Gasteiger partial charge in [-0.1, -0.05) is 37.6 Å². The van der Waals surface area contributed by atoms with Crippen molar-refractivity contribution in [1.29, 1.82) is 0 Å². The summed E-state index contributed by atoms with van der Waals surface area (Å²) >= 11 is 8.45. The molecule has 14 nitrogen and oxygen atoms in total. The van der Waals surface area contributed by atoms with E-state index in [0.29, 0.717) is 55.1 Å². The third-order valence-corrected chi connectivity index (χ3v) is 22.3. The molecule has 19 heteroatoms. The van der Waals surface area contributed by atoms with Crippen LogP contribution in [0.2, 0.25) is 0 Å². The van der Waals surface area contributed by atoms with Gasteiger partial charge in [-0.15, -0.1) is 0 Å². The smallest absolute Gasteiger partial charge is 0.182 e. The van der Waals surface area contributed by atoms with Gasteiger partial charge in [0.05, 0.1) is 41.0 Å². The van der Waals surface area contributed by atoms with Crippen LogP contribution in [-0.4, -0.2) is 100 Å². The lowest BCUT2D eigenvalue weighted by Crippen LogP contribution is -2.48. The van der Waals surface area contributed by atoms with Crippen LogP contribution in [0.3, 0.4) is 0 Å². The van der Waals surface area contributed by atoms with Gasteiger partial charge >= 0.3 is 0 Å². The number of rotatable bonds is 15. The molecule has 12 atom stereocenters. The van der Waals surface area contributed by atoms with Crippen LogP contribution in [0.4, 0.5) is 0 Å². The Morgan fingerprint density at radius 1 is 0.800 bits per heavy atom. The fraction of sp³-hybridized carbons (Fsp3) is 0.804. The Labute approximate surface area is 397 Å². The summed E-state index contributed by atoms with van der Waals surface area (Å²) in [7, 11) is -13.3. The molecule has 0 amide bonds. The van der Waals surface area contributed by atoms with Crippen LogP contribution in [0, 0.1) is 46.3 Å². The second kappa shape index (κ2) is 19.8. The lowest BCUT2D eigenvalue weighted by molar-refractivity contribution is -0.777. The molecule has 0 aromatic carbocycles. The van der Waals surface area contributed by atoms with Crippen LogP contribution in [0.15, 0.2) is 46.2 Å².